The summed E-state index contributed by atoms with van der Waals surface area (Å²) in [6, 6.07) is 4.69. The van der Waals surface area contributed by atoms with E-state index in [0.29, 0.717) is 17.4 Å². The Kier molecular flexibility index (Phi) is 9.25. The second-order valence-electron chi connectivity index (χ2n) is 7.97. The molecule has 196 valence electrons. The maximum Gasteiger partial charge on any atom is 0.240 e. The molecule has 0 bridgehead atoms. The van der Waals surface area contributed by atoms with Crippen LogP contribution in [0, 0.1) is 6.92 Å². The van der Waals surface area contributed by atoms with Crippen molar-refractivity contribution in [3.05, 3.63) is 42.0 Å². The zero-order valence-electron chi connectivity index (χ0n) is 21.1. The third-order valence-corrected chi connectivity index (χ3v) is 7.09. The Morgan fingerprint density at radius 1 is 1.03 bits per heavy atom. The molecule has 0 aliphatic carbocycles. The normalized spacial score (nSPS) is 13.5. The van der Waals surface area contributed by atoms with Gasteiger partial charge in [0, 0.05) is 39.8 Å². The molecule has 0 saturated carbocycles. The van der Waals surface area contributed by atoms with Gasteiger partial charge >= 0.3 is 0 Å². The van der Waals surface area contributed by atoms with Gasteiger partial charge in [-0.1, -0.05) is 6.07 Å². The van der Waals surface area contributed by atoms with E-state index in [1.807, 2.05) is 6.92 Å². The molecule has 0 saturated heterocycles. The van der Waals surface area contributed by atoms with Gasteiger partial charge in [-0.15, -0.1) is 10.2 Å². The van der Waals surface area contributed by atoms with Crippen LogP contribution in [0.5, 0.6) is 5.88 Å². The van der Waals surface area contributed by atoms with Gasteiger partial charge in [-0.2, -0.15) is 0 Å². The van der Waals surface area contributed by atoms with Gasteiger partial charge in [0.2, 0.25) is 21.9 Å². The number of sulfonamides is 1. The van der Waals surface area contributed by atoms with E-state index in [2.05, 4.69) is 29.9 Å². The molecule has 0 radical (unpaired) electrons. The number of aryl methyl sites for hydroxylation is 1. The van der Waals surface area contributed by atoms with Crippen molar-refractivity contribution >= 4 is 16.0 Å². The minimum Gasteiger partial charge on any atom is -0.481 e. The van der Waals surface area contributed by atoms with Crippen LogP contribution in [0.1, 0.15) is 30.5 Å². The van der Waals surface area contributed by atoms with Gasteiger partial charge in [0.25, 0.3) is 0 Å². The molecule has 36 heavy (non-hydrogen) atoms. The Hall–Kier alpha value is -3.20. The number of rotatable bonds is 13. The quantitative estimate of drug-likeness (QED) is 0.350. The SMILES string of the molecule is COCC(COC)n1c(NS(=O)(=O)[C@@H](C)[C@H](OC)c2ncc(C)cn2)nnc1-c1cccc(OC)n1. The summed E-state index contributed by atoms with van der Waals surface area (Å²) in [4.78, 5) is 12.9. The molecule has 0 aliphatic heterocycles. The van der Waals surface area contributed by atoms with Gasteiger partial charge in [-0.3, -0.25) is 9.29 Å². The van der Waals surface area contributed by atoms with Crippen molar-refractivity contribution in [3.63, 3.8) is 0 Å². The Labute approximate surface area is 210 Å². The number of aromatic nitrogens is 6. The van der Waals surface area contributed by atoms with E-state index in [4.69, 9.17) is 18.9 Å². The van der Waals surface area contributed by atoms with Crippen molar-refractivity contribution in [2.75, 3.05) is 46.4 Å². The molecule has 3 aromatic rings. The number of ether oxygens (including phenoxy) is 4. The first-order valence-corrected chi connectivity index (χ1v) is 12.6. The fourth-order valence-electron chi connectivity index (χ4n) is 3.56. The van der Waals surface area contributed by atoms with E-state index < -0.39 is 27.4 Å². The molecule has 3 aromatic heterocycles. The lowest BCUT2D eigenvalue weighted by molar-refractivity contribution is 0.0907. The first kappa shape index (κ1) is 27.4. The number of hydrogen-bond donors (Lipinski definition) is 1. The van der Waals surface area contributed by atoms with E-state index in [1.165, 1.54) is 35.4 Å². The lowest BCUT2D eigenvalue weighted by Crippen LogP contribution is -2.34. The van der Waals surface area contributed by atoms with Crippen molar-refractivity contribution in [1.29, 1.82) is 0 Å². The molecule has 2 atom stereocenters. The van der Waals surface area contributed by atoms with Crippen LogP contribution >= 0.6 is 0 Å². The van der Waals surface area contributed by atoms with Crippen LogP contribution in [-0.4, -0.2) is 85.0 Å². The summed E-state index contributed by atoms with van der Waals surface area (Å²) in [6.45, 7) is 3.74. The van der Waals surface area contributed by atoms with Crippen molar-refractivity contribution in [2.24, 2.45) is 0 Å². The van der Waals surface area contributed by atoms with Crippen LogP contribution in [0.4, 0.5) is 5.95 Å². The highest BCUT2D eigenvalue weighted by molar-refractivity contribution is 7.93. The summed E-state index contributed by atoms with van der Waals surface area (Å²) in [5.74, 6) is 0.901. The number of nitrogens with one attached hydrogen (secondary N) is 1. The van der Waals surface area contributed by atoms with Crippen LogP contribution in [0.15, 0.2) is 30.6 Å². The highest BCUT2D eigenvalue weighted by Crippen LogP contribution is 2.29. The highest BCUT2D eigenvalue weighted by Gasteiger charge is 2.35. The zero-order valence-corrected chi connectivity index (χ0v) is 21.9. The van der Waals surface area contributed by atoms with E-state index in [1.54, 1.807) is 35.2 Å². The van der Waals surface area contributed by atoms with Crippen LogP contribution in [0.3, 0.4) is 0 Å². The molecule has 0 spiro atoms. The monoisotopic (exact) mass is 521 g/mol. The molecule has 14 heteroatoms. The molecule has 3 rings (SSSR count). The average molecular weight is 522 g/mol. The maximum atomic E-state index is 13.5. The standard InChI is InChI=1S/C22H31N7O6S/c1-14-10-23-20(24-11-14)19(35-6)15(2)36(30,31)28-22-27-26-21(17-8-7-9-18(25-17)34-5)29(22)16(12-32-3)13-33-4/h7-11,15-16,19H,12-13H2,1-6H3,(H,27,28)/t15-,19-/m0/s1. The Balaban J connectivity index is 2.03. The largest absolute Gasteiger partial charge is 0.481 e. The highest BCUT2D eigenvalue weighted by atomic mass is 32.2. The molecule has 0 aliphatic rings. The first-order valence-electron chi connectivity index (χ1n) is 11.0. The molecule has 0 fully saturated rings. The number of methoxy groups -OCH3 is 4. The van der Waals surface area contributed by atoms with Crippen LogP contribution in [-0.2, 0) is 24.2 Å². The van der Waals surface area contributed by atoms with Crippen LogP contribution in [0.2, 0.25) is 0 Å². The van der Waals surface area contributed by atoms with Crippen LogP contribution < -0.4 is 9.46 Å². The molecule has 0 amide bonds. The lowest BCUT2D eigenvalue weighted by atomic mass is 10.2. The van der Waals surface area contributed by atoms with Crippen molar-refractivity contribution in [2.45, 2.75) is 31.2 Å². The smallest absolute Gasteiger partial charge is 0.240 e. The predicted octanol–water partition coefficient (Wildman–Crippen LogP) is 1.80. The molecule has 0 unspecified atom stereocenters. The van der Waals surface area contributed by atoms with Gasteiger partial charge in [-0.25, -0.2) is 23.4 Å². The van der Waals surface area contributed by atoms with Crippen LogP contribution in [0.25, 0.3) is 11.5 Å². The average Bonchev–Trinajstić information content (AvgIpc) is 3.28. The van der Waals surface area contributed by atoms with Gasteiger partial charge in [-0.05, 0) is 25.5 Å². The van der Waals surface area contributed by atoms with E-state index >= 15 is 0 Å². The van der Waals surface area contributed by atoms with Gasteiger partial charge in [0.05, 0.1) is 26.4 Å². The number of pyridine rings is 1. The summed E-state index contributed by atoms with van der Waals surface area (Å²) in [7, 11) is 1.92. The van der Waals surface area contributed by atoms with Crippen molar-refractivity contribution in [3.8, 4) is 17.4 Å². The Morgan fingerprint density at radius 3 is 2.28 bits per heavy atom. The minimum absolute atomic E-state index is 0.0275. The topological polar surface area (TPSA) is 152 Å². The number of nitrogens with zero attached hydrogens (tertiary/aromatic N) is 6. The molecular weight excluding hydrogens is 490 g/mol. The summed E-state index contributed by atoms with van der Waals surface area (Å²) in [5, 5.41) is 7.28. The third-order valence-electron chi connectivity index (χ3n) is 5.40. The second-order valence-corrected chi connectivity index (χ2v) is 10.0. The Bertz CT molecular complexity index is 1230. The first-order chi connectivity index (χ1) is 17.2. The summed E-state index contributed by atoms with van der Waals surface area (Å²) in [5.41, 5.74) is 1.27. The number of anilines is 1. The Morgan fingerprint density at radius 2 is 1.69 bits per heavy atom. The summed E-state index contributed by atoms with van der Waals surface area (Å²) in [6.07, 6.45) is 2.28. The fraction of sp³-hybridized carbons (Fsp3) is 0.500. The molecular formula is C22H31N7O6S. The van der Waals surface area contributed by atoms with Crippen molar-refractivity contribution < 1.29 is 27.4 Å². The molecule has 13 nitrogen and oxygen atoms in total. The maximum absolute atomic E-state index is 13.5. The molecule has 1 N–H and O–H groups in total. The predicted molar refractivity (Wildman–Crippen MR) is 131 cm³/mol. The summed E-state index contributed by atoms with van der Waals surface area (Å²) < 4.78 is 52.4. The van der Waals surface area contributed by atoms with Gasteiger partial charge in [0.15, 0.2) is 11.6 Å². The second kappa shape index (κ2) is 12.2. The minimum atomic E-state index is -4.06. The van der Waals surface area contributed by atoms with E-state index in [-0.39, 0.29) is 25.0 Å². The molecule has 3 heterocycles. The number of hydrogen-bond acceptors (Lipinski definition) is 11. The van der Waals surface area contributed by atoms with E-state index in [9.17, 15) is 8.42 Å². The van der Waals surface area contributed by atoms with E-state index in [0.717, 1.165) is 5.56 Å². The molecule has 0 aromatic carbocycles. The summed E-state index contributed by atoms with van der Waals surface area (Å²) >= 11 is 0. The zero-order chi connectivity index (χ0) is 26.3. The fourth-order valence-corrected chi connectivity index (χ4v) is 4.69. The third kappa shape index (κ3) is 6.13. The lowest BCUT2D eigenvalue weighted by Gasteiger charge is -2.24. The van der Waals surface area contributed by atoms with Gasteiger partial charge < -0.3 is 18.9 Å². The van der Waals surface area contributed by atoms with Crippen molar-refractivity contribution in [1.82, 2.24) is 29.7 Å². The van der Waals surface area contributed by atoms with Gasteiger partial charge in [0.1, 0.15) is 17.0 Å².